The van der Waals surface area contributed by atoms with Crippen molar-refractivity contribution < 1.29 is 9.53 Å². The maximum atomic E-state index is 11.6. The van der Waals surface area contributed by atoms with Crippen molar-refractivity contribution in [3.8, 4) is 0 Å². The number of aryl methyl sites for hydroxylation is 2. The lowest BCUT2D eigenvalue weighted by atomic mass is 10.2. The minimum Gasteiger partial charge on any atom is -0.444 e. The van der Waals surface area contributed by atoms with Gasteiger partial charge in [0.05, 0.1) is 18.6 Å². The summed E-state index contributed by atoms with van der Waals surface area (Å²) in [5.41, 5.74) is 0.487. The lowest BCUT2D eigenvalue weighted by molar-refractivity contribution is 0.0522. The molecule has 0 aliphatic heterocycles. The quantitative estimate of drug-likeness (QED) is 0.923. The molecule has 0 spiro atoms. The minimum atomic E-state index is -0.483. The highest BCUT2D eigenvalue weighted by Crippen LogP contribution is 2.11. The van der Waals surface area contributed by atoms with Gasteiger partial charge in [-0.25, -0.2) is 9.78 Å². The van der Waals surface area contributed by atoms with E-state index in [1.165, 1.54) is 4.88 Å². The molecular weight excluding hydrogens is 286 g/mol. The van der Waals surface area contributed by atoms with Gasteiger partial charge in [-0.2, -0.15) is 0 Å². The number of nitrogens with zero attached hydrogens (tertiary/aromatic N) is 2. The van der Waals surface area contributed by atoms with Gasteiger partial charge in [0.1, 0.15) is 5.60 Å². The van der Waals surface area contributed by atoms with E-state index in [1.807, 2.05) is 20.8 Å². The number of carbonyl (C=O) groups excluding carboxylic acids is 1. The van der Waals surface area contributed by atoms with Crippen LogP contribution in [0.25, 0.3) is 0 Å². The molecular formula is C15H21N3O2S. The zero-order chi connectivity index (χ0) is 15.3. The van der Waals surface area contributed by atoms with Gasteiger partial charge in [-0.1, -0.05) is 6.07 Å². The monoisotopic (exact) mass is 307 g/mol. The third kappa shape index (κ3) is 5.23. The van der Waals surface area contributed by atoms with Gasteiger partial charge in [0.15, 0.2) is 0 Å². The predicted octanol–water partition coefficient (Wildman–Crippen LogP) is 3.21. The van der Waals surface area contributed by atoms with Crippen molar-refractivity contribution in [2.75, 3.05) is 0 Å². The number of amides is 1. The Morgan fingerprint density at radius 2 is 2.29 bits per heavy atom. The second kappa shape index (κ2) is 6.76. The molecule has 2 aromatic heterocycles. The maximum Gasteiger partial charge on any atom is 0.407 e. The molecule has 0 fully saturated rings. The molecule has 0 atom stereocenters. The predicted molar refractivity (Wildman–Crippen MR) is 83.3 cm³/mol. The average molecular weight is 307 g/mol. The van der Waals surface area contributed by atoms with Crippen LogP contribution in [0, 0.1) is 0 Å². The van der Waals surface area contributed by atoms with E-state index in [9.17, 15) is 4.79 Å². The number of alkyl carbamates (subject to hydrolysis) is 1. The van der Waals surface area contributed by atoms with Gasteiger partial charge >= 0.3 is 6.09 Å². The molecule has 0 radical (unpaired) electrons. The zero-order valence-electron chi connectivity index (χ0n) is 12.6. The Kier molecular flexibility index (Phi) is 5.01. The number of hydrogen-bond donors (Lipinski definition) is 1. The number of imidazole rings is 1. The van der Waals surface area contributed by atoms with Gasteiger partial charge in [-0.15, -0.1) is 11.3 Å². The zero-order valence-corrected chi connectivity index (χ0v) is 13.4. The van der Waals surface area contributed by atoms with E-state index in [0.717, 1.165) is 18.7 Å². The van der Waals surface area contributed by atoms with Gasteiger partial charge in [0.2, 0.25) is 0 Å². The summed E-state index contributed by atoms with van der Waals surface area (Å²) < 4.78 is 7.27. The van der Waals surface area contributed by atoms with Crippen molar-refractivity contribution in [3.05, 3.63) is 40.6 Å². The van der Waals surface area contributed by atoms with Crippen molar-refractivity contribution >= 4 is 17.4 Å². The summed E-state index contributed by atoms with van der Waals surface area (Å²) in [7, 11) is 0. The van der Waals surface area contributed by atoms with Crippen LogP contribution in [-0.2, 0) is 24.2 Å². The largest absolute Gasteiger partial charge is 0.444 e. The topological polar surface area (TPSA) is 56.1 Å². The molecule has 114 valence electrons. The summed E-state index contributed by atoms with van der Waals surface area (Å²) in [4.78, 5) is 17.1. The van der Waals surface area contributed by atoms with E-state index in [1.54, 1.807) is 23.9 Å². The number of rotatable bonds is 5. The van der Waals surface area contributed by atoms with Crippen molar-refractivity contribution in [1.82, 2.24) is 14.9 Å². The second-order valence-electron chi connectivity index (χ2n) is 5.76. The molecule has 0 aromatic carbocycles. The molecule has 21 heavy (non-hydrogen) atoms. The second-order valence-corrected chi connectivity index (χ2v) is 6.80. The van der Waals surface area contributed by atoms with E-state index in [-0.39, 0.29) is 0 Å². The molecule has 0 saturated carbocycles. The summed E-state index contributed by atoms with van der Waals surface area (Å²) in [6, 6.07) is 4.18. The van der Waals surface area contributed by atoms with Crippen LogP contribution in [0.15, 0.2) is 30.0 Å². The van der Waals surface area contributed by atoms with E-state index >= 15 is 0 Å². The van der Waals surface area contributed by atoms with Crippen LogP contribution in [0.5, 0.6) is 0 Å². The van der Waals surface area contributed by atoms with E-state index < -0.39 is 11.7 Å². The molecule has 6 heteroatoms. The summed E-state index contributed by atoms with van der Waals surface area (Å²) in [6.07, 6.45) is 4.12. The summed E-state index contributed by atoms with van der Waals surface area (Å²) in [6.45, 7) is 6.80. The van der Waals surface area contributed by atoms with Crippen LogP contribution in [-0.4, -0.2) is 21.2 Å². The molecule has 0 saturated heterocycles. The standard InChI is InChI=1S/C15H21N3O2S/c1-15(2,3)20-14(19)17-10-12-9-16-11-18(12)7-6-13-5-4-8-21-13/h4-5,8-9,11H,6-7,10H2,1-3H3,(H,17,19). The Labute approximate surface area is 129 Å². The smallest absolute Gasteiger partial charge is 0.407 e. The van der Waals surface area contributed by atoms with E-state index in [2.05, 4.69) is 32.4 Å². The van der Waals surface area contributed by atoms with Gasteiger partial charge in [-0.05, 0) is 38.6 Å². The van der Waals surface area contributed by atoms with Crippen molar-refractivity contribution in [2.45, 2.75) is 45.9 Å². The van der Waals surface area contributed by atoms with Crippen LogP contribution < -0.4 is 5.32 Å². The molecule has 0 aliphatic rings. The molecule has 2 aromatic rings. The first-order valence-electron chi connectivity index (χ1n) is 6.92. The summed E-state index contributed by atoms with van der Waals surface area (Å²) >= 11 is 1.75. The number of carbonyl (C=O) groups is 1. The maximum absolute atomic E-state index is 11.6. The first kappa shape index (κ1) is 15.6. The third-order valence-corrected chi connectivity index (χ3v) is 3.73. The van der Waals surface area contributed by atoms with Crippen LogP contribution in [0.2, 0.25) is 0 Å². The first-order valence-corrected chi connectivity index (χ1v) is 7.80. The molecule has 0 bridgehead atoms. The Morgan fingerprint density at radius 3 is 2.95 bits per heavy atom. The SMILES string of the molecule is CC(C)(C)OC(=O)NCc1cncn1CCc1cccs1. The third-order valence-electron chi connectivity index (χ3n) is 2.79. The average Bonchev–Trinajstić information content (AvgIpc) is 3.03. The minimum absolute atomic E-state index is 0.409. The van der Waals surface area contributed by atoms with Gasteiger partial charge in [0.25, 0.3) is 0 Å². The first-order chi connectivity index (χ1) is 9.94. The normalized spacial score (nSPS) is 11.4. The molecule has 0 aliphatic carbocycles. The Morgan fingerprint density at radius 1 is 1.48 bits per heavy atom. The number of thiophene rings is 1. The fraction of sp³-hybridized carbons (Fsp3) is 0.467. The van der Waals surface area contributed by atoms with Gasteiger partial charge in [0, 0.05) is 17.6 Å². The number of nitrogens with one attached hydrogen (secondary N) is 1. The Bertz CT molecular complexity index is 570. The molecule has 2 rings (SSSR count). The summed E-state index contributed by atoms with van der Waals surface area (Å²) in [5.74, 6) is 0. The molecule has 2 heterocycles. The van der Waals surface area contributed by atoms with Crippen LogP contribution in [0.4, 0.5) is 4.79 Å². The fourth-order valence-corrected chi connectivity index (χ4v) is 2.56. The highest BCUT2D eigenvalue weighted by atomic mass is 32.1. The Balaban J connectivity index is 1.84. The Hall–Kier alpha value is -1.82. The van der Waals surface area contributed by atoms with Gasteiger partial charge < -0.3 is 14.6 Å². The molecule has 5 nitrogen and oxygen atoms in total. The van der Waals surface area contributed by atoms with Crippen molar-refractivity contribution in [1.29, 1.82) is 0 Å². The van der Waals surface area contributed by atoms with E-state index in [4.69, 9.17) is 4.74 Å². The highest BCUT2D eigenvalue weighted by molar-refractivity contribution is 7.09. The summed E-state index contributed by atoms with van der Waals surface area (Å²) in [5, 5.41) is 4.83. The molecule has 1 amide bonds. The lowest BCUT2D eigenvalue weighted by Crippen LogP contribution is -2.32. The number of aromatic nitrogens is 2. The molecule has 1 N–H and O–H groups in total. The fourth-order valence-electron chi connectivity index (χ4n) is 1.86. The highest BCUT2D eigenvalue weighted by Gasteiger charge is 2.16. The number of hydrogen-bond acceptors (Lipinski definition) is 4. The van der Waals surface area contributed by atoms with Crippen molar-refractivity contribution in [3.63, 3.8) is 0 Å². The van der Waals surface area contributed by atoms with Crippen LogP contribution in [0.3, 0.4) is 0 Å². The lowest BCUT2D eigenvalue weighted by Gasteiger charge is -2.19. The van der Waals surface area contributed by atoms with Gasteiger partial charge in [-0.3, -0.25) is 0 Å². The van der Waals surface area contributed by atoms with Crippen LogP contribution in [0.1, 0.15) is 31.3 Å². The van der Waals surface area contributed by atoms with E-state index in [0.29, 0.717) is 6.54 Å². The van der Waals surface area contributed by atoms with Crippen molar-refractivity contribution in [2.24, 2.45) is 0 Å². The van der Waals surface area contributed by atoms with Crippen LogP contribution >= 0.6 is 11.3 Å². The molecule has 0 unspecified atom stereocenters. The number of ether oxygens (including phenoxy) is 1.